The molecule has 11 aromatic rings. The van der Waals surface area contributed by atoms with Crippen LogP contribution in [-0.2, 0) is 0 Å². The second kappa shape index (κ2) is 12.6. The van der Waals surface area contributed by atoms with Gasteiger partial charge >= 0.3 is 0 Å². The SMILES string of the molecule is c1ccc(-c2cc(-c3nc(-c4ccccc4)nc(-c4cccc(-c5ccc6c7ccccc7c7ccccc7c6c5)c4)n3)c3c(c2)oc2ccccc23)cc1. The molecule has 0 bridgehead atoms. The number of nitrogens with zero attached hydrogens (tertiary/aromatic N) is 3. The van der Waals surface area contributed by atoms with E-state index in [4.69, 9.17) is 19.4 Å². The van der Waals surface area contributed by atoms with Gasteiger partial charge in [0.2, 0.25) is 0 Å². The topological polar surface area (TPSA) is 51.8 Å². The third-order valence-corrected chi connectivity index (χ3v) is 10.7. The Bertz CT molecular complexity index is 3220. The highest BCUT2D eigenvalue weighted by Gasteiger charge is 2.20. The Morgan fingerprint density at radius 1 is 0.273 bits per heavy atom. The molecule has 0 amide bonds. The summed E-state index contributed by atoms with van der Waals surface area (Å²) in [6.45, 7) is 0. The van der Waals surface area contributed by atoms with Crippen molar-refractivity contribution in [1.29, 1.82) is 0 Å². The largest absolute Gasteiger partial charge is 0.456 e. The van der Waals surface area contributed by atoms with Crippen LogP contribution in [-0.4, -0.2) is 15.0 Å². The molecular weight excluding hydrogens is 671 g/mol. The van der Waals surface area contributed by atoms with Crippen LogP contribution in [0.1, 0.15) is 0 Å². The monoisotopic (exact) mass is 701 g/mol. The molecule has 0 atom stereocenters. The molecule has 11 rings (SSSR count). The number of benzene rings is 9. The van der Waals surface area contributed by atoms with E-state index in [1.807, 2.05) is 54.6 Å². The number of para-hydroxylation sites is 1. The van der Waals surface area contributed by atoms with E-state index in [-0.39, 0.29) is 0 Å². The molecule has 0 aliphatic rings. The molecule has 4 nitrogen and oxygen atoms in total. The van der Waals surface area contributed by atoms with Crippen molar-refractivity contribution in [3.8, 4) is 56.4 Å². The van der Waals surface area contributed by atoms with Gasteiger partial charge in [0.05, 0.1) is 0 Å². The number of rotatable bonds is 5. The van der Waals surface area contributed by atoms with Gasteiger partial charge in [-0.3, -0.25) is 0 Å². The molecule has 0 unspecified atom stereocenters. The van der Waals surface area contributed by atoms with Gasteiger partial charge in [-0.1, -0.05) is 158 Å². The van der Waals surface area contributed by atoms with Gasteiger partial charge in [-0.05, 0) is 84.9 Å². The van der Waals surface area contributed by atoms with E-state index in [9.17, 15) is 0 Å². The van der Waals surface area contributed by atoms with Crippen LogP contribution in [0.5, 0.6) is 0 Å². The van der Waals surface area contributed by atoms with Gasteiger partial charge in [-0.15, -0.1) is 0 Å². The number of hydrogen-bond acceptors (Lipinski definition) is 4. The Balaban J connectivity index is 1.12. The summed E-state index contributed by atoms with van der Waals surface area (Å²) in [4.78, 5) is 15.6. The fourth-order valence-electron chi connectivity index (χ4n) is 8.09. The lowest BCUT2D eigenvalue weighted by Crippen LogP contribution is -2.01. The first-order valence-corrected chi connectivity index (χ1v) is 18.5. The van der Waals surface area contributed by atoms with Crippen molar-refractivity contribution in [3.05, 3.63) is 188 Å². The number of aromatic nitrogens is 3. The van der Waals surface area contributed by atoms with Crippen molar-refractivity contribution in [1.82, 2.24) is 15.0 Å². The van der Waals surface area contributed by atoms with Gasteiger partial charge in [0.25, 0.3) is 0 Å². The third-order valence-electron chi connectivity index (χ3n) is 10.7. The van der Waals surface area contributed by atoms with Crippen LogP contribution in [0.15, 0.2) is 192 Å². The highest BCUT2D eigenvalue weighted by Crippen LogP contribution is 2.41. The number of fused-ring (bicyclic) bond motifs is 9. The summed E-state index contributed by atoms with van der Waals surface area (Å²) in [5.41, 5.74) is 8.69. The van der Waals surface area contributed by atoms with Crippen LogP contribution in [0.4, 0.5) is 0 Å². The minimum atomic E-state index is 0.590. The van der Waals surface area contributed by atoms with Gasteiger partial charge in [0, 0.05) is 27.5 Å². The molecule has 2 heterocycles. The summed E-state index contributed by atoms with van der Waals surface area (Å²) >= 11 is 0. The quantitative estimate of drug-likeness (QED) is 0.168. The zero-order valence-corrected chi connectivity index (χ0v) is 29.6. The lowest BCUT2D eigenvalue weighted by molar-refractivity contribution is 0.669. The Morgan fingerprint density at radius 3 is 1.49 bits per heavy atom. The maximum absolute atomic E-state index is 6.48. The first kappa shape index (κ1) is 31.1. The maximum atomic E-state index is 6.48. The zero-order valence-electron chi connectivity index (χ0n) is 29.6. The third kappa shape index (κ3) is 5.26. The van der Waals surface area contributed by atoms with Crippen LogP contribution in [0.2, 0.25) is 0 Å². The molecule has 0 saturated carbocycles. The van der Waals surface area contributed by atoms with E-state index >= 15 is 0 Å². The molecule has 0 N–H and O–H groups in total. The number of furan rings is 1. The highest BCUT2D eigenvalue weighted by atomic mass is 16.3. The molecule has 9 aromatic carbocycles. The smallest absolute Gasteiger partial charge is 0.164 e. The second-order valence-electron chi connectivity index (χ2n) is 14.0. The molecule has 0 saturated heterocycles. The summed E-state index contributed by atoms with van der Waals surface area (Å²) in [5, 5.41) is 9.54. The second-order valence-corrected chi connectivity index (χ2v) is 14.0. The van der Waals surface area contributed by atoms with Gasteiger partial charge < -0.3 is 4.42 Å². The van der Waals surface area contributed by atoms with Gasteiger partial charge in [0.15, 0.2) is 17.5 Å². The van der Waals surface area contributed by atoms with E-state index < -0.39 is 0 Å². The lowest BCUT2D eigenvalue weighted by Gasteiger charge is -2.13. The Labute approximate surface area is 317 Å². The molecular formula is C51H31N3O. The minimum Gasteiger partial charge on any atom is -0.456 e. The van der Waals surface area contributed by atoms with Crippen molar-refractivity contribution in [2.24, 2.45) is 0 Å². The van der Waals surface area contributed by atoms with Gasteiger partial charge in [-0.2, -0.15) is 0 Å². The van der Waals surface area contributed by atoms with Crippen molar-refractivity contribution in [3.63, 3.8) is 0 Å². The molecule has 0 aliphatic carbocycles. The van der Waals surface area contributed by atoms with Crippen LogP contribution >= 0.6 is 0 Å². The first-order valence-electron chi connectivity index (χ1n) is 18.5. The van der Waals surface area contributed by atoms with Crippen LogP contribution in [0, 0.1) is 0 Å². The maximum Gasteiger partial charge on any atom is 0.164 e. The summed E-state index contributed by atoms with van der Waals surface area (Å²) in [5.74, 6) is 1.81. The normalized spacial score (nSPS) is 11.6. The highest BCUT2D eigenvalue weighted by molar-refractivity contribution is 6.25. The summed E-state index contributed by atoms with van der Waals surface area (Å²) in [7, 11) is 0. The van der Waals surface area contributed by atoms with E-state index in [2.05, 4.69) is 133 Å². The van der Waals surface area contributed by atoms with Gasteiger partial charge in [-0.25, -0.2) is 15.0 Å². The van der Waals surface area contributed by atoms with E-state index in [0.29, 0.717) is 17.5 Å². The minimum absolute atomic E-state index is 0.590. The van der Waals surface area contributed by atoms with E-state index in [0.717, 1.165) is 60.9 Å². The molecule has 2 aromatic heterocycles. The molecule has 0 fully saturated rings. The predicted molar refractivity (Wildman–Crippen MR) is 227 cm³/mol. The number of hydrogen-bond donors (Lipinski definition) is 0. The molecule has 256 valence electrons. The van der Waals surface area contributed by atoms with E-state index in [1.54, 1.807) is 0 Å². The fourth-order valence-corrected chi connectivity index (χ4v) is 8.09. The molecule has 4 heteroatoms. The lowest BCUT2D eigenvalue weighted by atomic mass is 9.92. The average molecular weight is 702 g/mol. The Hall–Kier alpha value is -7.43. The predicted octanol–water partition coefficient (Wildman–Crippen LogP) is 13.6. The summed E-state index contributed by atoms with van der Waals surface area (Å²) < 4.78 is 6.48. The van der Waals surface area contributed by atoms with Gasteiger partial charge in [0.1, 0.15) is 11.2 Å². The summed E-state index contributed by atoms with van der Waals surface area (Å²) in [6.07, 6.45) is 0. The molecule has 0 aliphatic heterocycles. The van der Waals surface area contributed by atoms with Crippen LogP contribution in [0.3, 0.4) is 0 Å². The Morgan fingerprint density at radius 2 is 0.782 bits per heavy atom. The van der Waals surface area contributed by atoms with E-state index in [1.165, 1.54) is 32.3 Å². The molecule has 0 spiro atoms. The van der Waals surface area contributed by atoms with Crippen molar-refractivity contribution >= 4 is 54.3 Å². The van der Waals surface area contributed by atoms with Crippen molar-refractivity contribution < 1.29 is 4.42 Å². The standard InChI is InChI=1S/C51H31N3O/c1-3-14-32(15-4-1)37-30-45(48-43-24-11-12-25-46(43)55-47(48)31-37)51-53-49(33-16-5-2-6-17-33)52-50(54-51)36-19-13-18-34(28-36)35-26-27-42-40-22-8-7-20-38(40)39-21-9-10-23-41(39)44(42)29-35/h1-31H. The summed E-state index contributed by atoms with van der Waals surface area (Å²) in [6, 6.07) is 65.7. The first-order chi connectivity index (χ1) is 27.2. The Kier molecular flexibility index (Phi) is 7.14. The van der Waals surface area contributed by atoms with Crippen LogP contribution in [0.25, 0.3) is 111 Å². The molecule has 55 heavy (non-hydrogen) atoms. The molecule has 0 radical (unpaired) electrons. The van der Waals surface area contributed by atoms with Crippen molar-refractivity contribution in [2.45, 2.75) is 0 Å². The van der Waals surface area contributed by atoms with Crippen LogP contribution < -0.4 is 0 Å². The van der Waals surface area contributed by atoms with Crippen molar-refractivity contribution in [2.75, 3.05) is 0 Å². The fraction of sp³-hybridized carbons (Fsp3) is 0. The average Bonchev–Trinajstić information content (AvgIpc) is 3.65. The zero-order chi connectivity index (χ0) is 36.3.